The molecule has 0 aromatic carbocycles. The number of hydrogen-bond donors (Lipinski definition) is 1. The summed E-state index contributed by atoms with van der Waals surface area (Å²) in [6.07, 6.45) is 1.89. The van der Waals surface area contributed by atoms with E-state index in [1.807, 2.05) is 6.20 Å². The average Bonchev–Trinajstić information content (AvgIpc) is 2.86. The maximum absolute atomic E-state index is 5.53. The second kappa shape index (κ2) is 4.08. The Labute approximate surface area is 102 Å². The minimum absolute atomic E-state index is 0.0293. The van der Waals surface area contributed by atoms with Crippen LogP contribution in [0.3, 0.4) is 0 Å². The lowest BCUT2D eigenvalue weighted by molar-refractivity contribution is 0.130. The van der Waals surface area contributed by atoms with E-state index in [1.165, 1.54) is 5.69 Å². The molecule has 1 unspecified atom stereocenters. The Morgan fingerprint density at radius 1 is 1.47 bits per heavy atom. The minimum atomic E-state index is 0.0293. The van der Waals surface area contributed by atoms with Gasteiger partial charge in [-0.1, -0.05) is 0 Å². The molecule has 0 bridgehead atoms. The van der Waals surface area contributed by atoms with Crippen LogP contribution in [0.2, 0.25) is 0 Å². The molecule has 2 aliphatic heterocycles. The van der Waals surface area contributed by atoms with Crippen molar-refractivity contribution in [2.45, 2.75) is 38.5 Å². The molecule has 1 spiro atoms. The molecule has 94 valence electrons. The molecule has 5 nitrogen and oxygen atoms in total. The van der Waals surface area contributed by atoms with E-state index in [1.54, 1.807) is 0 Å². The molecule has 1 saturated heterocycles. The van der Waals surface area contributed by atoms with Gasteiger partial charge in [0.05, 0.1) is 31.1 Å². The van der Waals surface area contributed by atoms with Crippen molar-refractivity contribution in [1.82, 2.24) is 20.0 Å². The van der Waals surface area contributed by atoms with E-state index in [0.29, 0.717) is 12.8 Å². The zero-order chi connectivity index (χ0) is 11.9. The molecule has 3 heterocycles. The van der Waals surface area contributed by atoms with Crippen molar-refractivity contribution in [1.29, 1.82) is 0 Å². The number of hydrogen-bond acceptors (Lipinski definition) is 4. The molecule has 5 heteroatoms. The van der Waals surface area contributed by atoms with Gasteiger partial charge in [-0.05, 0) is 19.9 Å². The van der Waals surface area contributed by atoms with Gasteiger partial charge in [0.2, 0.25) is 0 Å². The van der Waals surface area contributed by atoms with E-state index in [0.717, 1.165) is 26.2 Å². The van der Waals surface area contributed by atoms with Crippen LogP contribution in [0.1, 0.15) is 19.5 Å². The highest BCUT2D eigenvalue weighted by molar-refractivity contribution is 5.07. The molecule has 2 aliphatic rings. The largest absolute Gasteiger partial charge is 0.364 e. The zero-order valence-corrected chi connectivity index (χ0v) is 10.5. The van der Waals surface area contributed by atoms with Gasteiger partial charge in [-0.2, -0.15) is 5.10 Å². The van der Waals surface area contributed by atoms with E-state index in [9.17, 15) is 0 Å². The first-order chi connectivity index (χ1) is 8.19. The van der Waals surface area contributed by atoms with Crippen LogP contribution in [-0.2, 0) is 17.8 Å². The fourth-order valence-electron chi connectivity index (χ4n) is 2.70. The molecule has 0 saturated carbocycles. The molecule has 1 atom stereocenters. The maximum Gasteiger partial charge on any atom is 0.0972 e. The van der Waals surface area contributed by atoms with E-state index in [2.05, 4.69) is 39.9 Å². The molecule has 17 heavy (non-hydrogen) atoms. The van der Waals surface area contributed by atoms with Gasteiger partial charge in [0.1, 0.15) is 0 Å². The molecule has 3 rings (SSSR count). The SMILES string of the molecule is CC(C)N1Cc2ccnn2CC2(COCN2)C1. The first-order valence-electron chi connectivity index (χ1n) is 6.26. The number of ether oxygens (including phenoxy) is 1. The molecule has 0 aliphatic carbocycles. The second-order valence-corrected chi connectivity index (χ2v) is 5.43. The summed E-state index contributed by atoms with van der Waals surface area (Å²) in [6.45, 7) is 8.82. The maximum atomic E-state index is 5.53. The van der Waals surface area contributed by atoms with Gasteiger partial charge in [0, 0.05) is 25.3 Å². The topological polar surface area (TPSA) is 42.3 Å². The third-order valence-corrected chi connectivity index (χ3v) is 3.79. The van der Waals surface area contributed by atoms with Gasteiger partial charge >= 0.3 is 0 Å². The lowest BCUT2D eigenvalue weighted by atomic mass is 10.0. The molecule has 1 N–H and O–H groups in total. The van der Waals surface area contributed by atoms with E-state index >= 15 is 0 Å². The van der Waals surface area contributed by atoms with Crippen LogP contribution in [0.5, 0.6) is 0 Å². The normalized spacial score (nSPS) is 29.8. The average molecular weight is 236 g/mol. The van der Waals surface area contributed by atoms with Gasteiger partial charge in [-0.15, -0.1) is 0 Å². The first-order valence-corrected chi connectivity index (χ1v) is 6.26. The molecular formula is C12H20N4O. The van der Waals surface area contributed by atoms with Crippen molar-refractivity contribution in [2.75, 3.05) is 19.9 Å². The Balaban J connectivity index is 1.93. The lowest BCUT2D eigenvalue weighted by Crippen LogP contribution is -2.54. The van der Waals surface area contributed by atoms with E-state index < -0.39 is 0 Å². The summed E-state index contributed by atoms with van der Waals surface area (Å²) in [5.74, 6) is 0. The summed E-state index contributed by atoms with van der Waals surface area (Å²) in [5, 5.41) is 7.93. The van der Waals surface area contributed by atoms with Crippen LogP contribution < -0.4 is 5.32 Å². The predicted molar refractivity (Wildman–Crippen MR) is 64.5 cm³/mol. The fraction of sp³-hybridized carbons (Fsp3) is 0.750. The van der Waals surface area contributed by atoms with Gasteiger partial charge in [0.15, 0.2) is 0 Å². The summed E-state index contributed by atoms with van der Waals surface area (Å²) < 4.78 is 7.65. The third kappa shape index (κ3) is 1.99. The number of nitrogens with one attached hydrogen (secondary N) is 1. The smallest absolute Gasteiger partial charge is 0.0972 e. The van der Waals surface area contributed by atoms with Crippen molar-refractivity contribution < 1.29 is 4.74 Å². The standard InChI is InChI=1S/C12H20N4O/c1-10(2)15-5-11-3-4-14-16(11)7-12(6-15)8-17-9-13-12/h3-4,10,13H,5-9H2,1-2H3. The highest BCUT2D eigenvalue weighted by atomic mass is 16.5. The highest BCUT2D eigenvalue weighted by Gasteiger charge is 2.40. The summed E-state index contributed by atoms with van der Waals surface area (Å²) >= 11 is 0. The summed E-state index contributed by atoms with van der Waals surface area (Å²) in [5.41, 5.74) is 1.32. The number of rotatable bonds is 1. The van der Waals surface area contributed by atoms with Gasteiger partial charge in [-0.3, -0.25) is 14.9 Å². The second-order valence-electron chi connectivity index (χ2n) is 5.43. The van der Waals surface area contributed by atoms with Gasteiger partial charge < -0.3 is 4.74 Å². The summed E-state index contributed by atoms with van der Waals surface area (Å²) in [4.78, 5) is 2.49. The van der Waals surface area contributed by atoms with Crippen molar-refractivity contribution in [2.24, 2.45) is 0 Å². The quantitative estimate of drug-likeness (QED) is 0.767. The van der Waals surface area contributed by atoms with E-state index in [-0.39, 0.29) is 5.54 Å². The van der Waals surface area contributed by atoms with Gasteiger partial charge in [-0.25, -0.2) is 0 Å². The van der Waals surface area contributed by atoms with Crippen molar-refractivity contribution in [3.63, 3.8) is 0 Å². The zero-order valence-electron chi connectivity index (χ0n) is 10.5. The molecule has 1 aromatic heterocycles. The molecule has 0 radical (unpaired) electrons. The van der Waals surface area contributed by atoms with Crippen LogP contribution in [-0.4, -0.2) is 46.1 Å². The number of aromatic nitrogens is 2. The van der Waals surface area contributed by atoms with E-state index in [4.69, 9.17) is 4.74 Å². The van der Waals surface area contributed by atoms with Crippen LogP contribution in [0.4, 0.5) is 0 Å². The number of nitrogens with zero attached hydrogens (tertiary/aromatic N) is 3. The van der Waals surface area contributed by atoms with Crippen LogP contribution in [0.25, 0.3) is 0 Å². The van der Waals surface area contributed by atoms with Crippen molar-refractivity contribution in [3.05, 3.63) is 18.0 Å². The molecular weight excluding hydrogens is 216 g/mol. The number of fused-ring (bicyclic) bond motifs is 1. The third-order valence-electron chi connectivity index (χ3n) is 3.79. The minimum Gasteiger partial charge on any atom is -0.364 e. The predicted octanol–water partition coefficient (Wildman–Crippen LogP) is 0.423. The Morgan fingerprint density at radius 2 is 2.35 bits per heavy atom. The molecule has 1 aromatic rings. The Bertz CT molecular complexity index is 395. The van der Waals surface area contributed by atoms with Crippen molar-refractivity contribution >= 4 is 0 Å². The van der Waals surface area contributed by atoms with Crippen LogP contribution >= 0.6 is 0 Å². The Morgan fingerprint density at radius 3 is 3.06 bits per heavy atom. The molecule has 0 amide bonds. The Kier molecular flexibility index (Phi) is 2.69. The monoisotopic (exact) mass is 236 g/mol. The summed E-state index contributed by atoms with van der Waals surface area (Å²) in [6, 6.07) is 2.65. The van der Waals surface area contributed by atoms with Crippen LogP contribution in [0, 0.1) is 0 Å². The highest BCUT2D eigenvalue weighted by Crippen LogP contribution is 2.23. The van der Waals surface area contributed by atoms with Crippen molar-refractivity contribution in [3.8, 4) is 0 Å². The van der Waals surface area contributed by atoms with Gasteiger partial charge in [0.25, 0.3) is 0 Å². The fourth-order valence-corrected chi connectivity index (χ4v) is 2.70. The van der Waals surface area contributed by atoms with Crippen LogP contribution in [0.15, 0.2) is 12.3 Å². The Hall–Kier alpha value is -0.910. The first kappa shape index (κ1) is 11.2. The molecule has 1 fully saturated rings. The lowest BCUT2D eigenvalue weighted by Gasteiger charge is -2.33. The summed E-state index contributed by atoms with van der Waals surface area (Å²) in [7, 11) is 0.